The minimum atomic E-state index is 0.246. The van der Waals surface area contributed by atoms with Crippen molar-refractivity contribution in [3.63, 3.8) is 0 Å². The zero-order valence-electron chi connectivity index (χ0n) is 13.1. The normalized spacial score (nSPS) is 30.7. The SMILES string of the molecule is CC(C)(C)c1ccc(CN2CC3CCC(N)C3C2)cc1. The zero-order chi connectivity index (χ0) is 14.3. The van der Waals surface area contributed by atoms with E-state index in [9.17, 15) is 0 Å². The van der Waals surface area contributed by atoms with Crippen LogP contribution in [0.1, 0.15) is 44.7 Å². The number of benzene rings is 1. The van der Waals surface area contributed by atoms with Crippen LogP contribution in [0, 0.1) is 11.8 Å². The van der Waals surface area contributed by atoms with Gasteiger partial charge in [-0.2, -0.15) is 0 Å². The largest absolute Gasteiger partial charge is 0.327 e. The van der Waals surface area contributed by atoms with Crippen LogP contribution in [0.4, 0.5) is 0 Å². The Kier molecular flexibility index (Phi) is 3.64. The van der Waals surface area contributed by atoms with Crippen molar-refractivity contribution in [3.8, 4) is 0 Å². The molecule has 1 aromatic carbocycles. The van der Waals surface area contributed by atoms with Crippen LogP contribution >= 0.6 is 0 Å². The smallest absolute Gasteiger partial charge is 0.0233 e. The maximum absolute atomic E-state index is 6.22. The highest BCUT2D eigenvalue weighted by molar-refractivity contribution is 5.27. The number of rotatable bonds is 2. The lowest BCUT2D eigenvalue weighted by atomic mass is 9.87. The predicted octanol–water partition coefficient (Wildman–Crippen LogP) is 3.15. The molecule has 0 amide bonds. The third-order valence-electron chi connectivity index (χ3n) is 5.21. The molecule has 2 heteroatoms. The molecule has 3 unspecified atom stereocenters. The van der Waals surface area contributed by atoms with E-state index in [1.807, 2.05) is 0 Å². The summed E-state index contributed by atoms with van der Waals surface area (Å²) in [6.07, 6.45) is 2.58. The van der Waals surface area contributed by atoms with E-state index in [1.165, 1.54) is 37.1 Å². The number of hydrogen-bond donors (Lipinski definition) is 1. The summed E-state index contributed by atoms with van der Waals surface area (Å²) in [5.74, 6) is 1.61. The Hall–Kier alpha value is -0.860. The van der Waals surface area contributed by atoms with Crippen molar-refractivity contribution < 1.29 is 0 Å². The van der Waals surface area contributed by atoms with Gasteiger partial charge in [0.1, 0.15) is 0 Å². The lowest BCUT2D eigenvalue weighted by Gasteiger charge is -2.21. The van der Waals surface area contributed by atoms with Crippen molar-refractivity contribution in [2.45, 2.75) is 51.6 Å². The highest BCUT2D eigenvalue weighted by atomic mass is 15.2. The van der Waals surface area contributed by atoms with Crippen molar-refractivity contribution in [2.24, 2.45) is 17.6 Å². The Balaban J connectivity index is 1.62. The van der Waals surface area contributed by atoms with Gasteiger partial charge in [-0.1, -0.05) is 45.0 Å². The minimum Gasteiger partial charge on any atom is -0.327 e. The molecule has 1 aromatic rings. The van der Waals surface area contributed by atoms with E-state index >= 15 is 0 Å². The van der Waals surface area contributed by atoms with Gasteiger partial charge >= 0.3 is 0 Å². The number of nitrogens with two attached hydrogens (primary N) is 1. The molecule has 0 bridgehead atoms. The number of fused-ring (bicyclic) bond motifs is 1. The summed E-state index contributed by atoms with van der Waals surface area (Å²) in [7, 11) is 0. The third-order valence-corrected chi connectivity index (χ3v) is 5.21. The second-order valence-corrected chi connectivity index (χ2v) is 7.81. The Morgan fingerprint density at radius 1 is 1.10 bits per heavy atom. The topological polar surface area (TPSA) is 29.3 Å². The fourth-order valence-corrected chi connectivity index (χ4v) is 3.90. The number of hydrogen-bond acceptors (Lipinski definition) is 2. The first-order valence-electron chi connectivity index (χ1n) is 8.01. The first-order chi connectivity index (χ1) is 9.43. The maximum atomic E-state index is 6.22. The minimum absolute atomic E-state index is 0.246. The molecule has 1 heterocycles. The summed E-state index contributed by atoms with van der Waals surface area (Å²) in [6.45, 7) is 10.3. The fourth-order valence-electron chi connectivity index (χ4n) is 3.90. The monoisotopic (exact) mass is 272 g/mol. The highest BCUT2D eigenvalue weighted by Gasteiger charge is 2.40. The van der Waals surface area contributed by atoms with E-state index in [-0.39, 0.29) is 5.41 Å². The van der Waals surface area contributed by atoms with Gasteiger partial charge in [-0.25, -0.2) is 0 Å². The van der Waals surface area contributed by atoms with E-state index in [2.05, 4.69) is 49.9 Å². The molecule has 1 aliphatic heterocycles. The number of likely N-dealkylation sites (tertiary alicyclic amines) is 1. The highest BCUT2D eigenvalue weighted by Crippen LogP contribution is 2.37. The molecule has 0 radical (unpaired) electrons. The average Bonchev–Trinajstić information content (AvgIpc) is 2.92. The van der Waals surface area contributed by atoms with Crippen LogP contribution in [0.5, 0.6) is 0 Å². The fraction of sp³-hybridized carbons (Fsp3) is 0.667. The van der Waals surface area contributed by atoms with E-state index in [0.717, 1.165) is 18.4 Å². The quantitative estimate of drug-likeness (QED) is 0.896. The summed E-state index contributed by atoms with van der Waals surface area (Å²) in [4.78, 5) is 2.60. The second-order valence-electron chi connectivity index (χ2n) is 7.81. The van der Waals surface area contributed by atoms with Crippen molar-refractivity contribution in [1.29, 1.82) is 0 Å². The van der Waals surface area contributed by atoms with Crippen LogP contribution in [0.25, 0.3) is 0 Å². The molecule has 3 atom stereocenters. The molecule has 20 heavy (non-hydrogen) atoms. The molecule has 2 N–H and O–H groups in total. The molecule has 1 aliphatic carbocycles. The van der Waals surface area contributed by atoms with Gasteiger partial charge < -0.3 is 5.73 Å². The van der Waals surface area contributed by atoms with Gasteiger partial charge in [0.15, 0.2) is 0 Å². The summed E-state index contributed by atoms with van der Waals surface area (Å²) in [5.41, 5.74) is 9.32. The van der Waals surface area contributed by atoms with Crippen LogP contribution in [0.3, 0.4) is 0 Å². The van der Waals surface area contributed by atoms with Gasteiger partial charge in [0.25, 0.3) is 0 Å². The van der Waals surface area contributed by atoms with Crippen LogP contribution < -0.4 is 5.73 Å². The van der Waals surface area contributed by atoms with Crippen molar-refractivity contribution in [2.75, 3.05) is 13.1 Å². The van der Waals surface area contributed by atoms with Crippen molar-refractivity contribution in [3.05, 3.63) is 35.4 Å². The van der Waals surface area contributed by atoms with Crippen LogP contribution in [-0.2, 0) is 12.0 Å². The first-order valence-corrected chi connectivity index (χ1v) is 8.01. The Labute approximate surface area is 123 Å². The average molecular weight is 272 g/mol. The molecule has 2 aliphatic rings. The van der Waals surface area contributed by atoms with Crippen molar-refractivity contribution >= 4 is 0 Å². The lowest BCUT2D eigenvalue weighted by Crippen LogP contribution is -2.30. The second kappa shape index (κ2) is 5.16. The maximum Gasteiger partial charge on any atom is 0.0233 e. The molecule has 0 spiro atoms. The number of nitrogens with zero attached hydrogens (tertiary/aromatic N) is 1. The Bertz CT molecular complexity index is 457. The third kappa shape index (κ3) is 2.77. The van der Waals surface area contributed by atoms with E-state index in [0.29, 0.717) is 6.04 Å². The molecular formula is C18H28N2. The predicted molar refractivity (Wildman–Crippen MR) is 84.6 cm³/mol. The molecule has 0 aromatic heterocycles. The molecule has 110 valence electrons. The molecule has 2 fully saturated rings. The van der Waals surface area contributed by atoms with Gasteiger partial charge in [0.05, 0.1) is 0 Å². The summed E-state index contributed by atoms with van der Waals surface area (Å²) in [5, 5.41) is 0. The summed E-state index contributed by atoms with van der Waals surface area (Å²) < 4.78 is 0. The molecule has 2 nitrogen and oxygen atoms in total. The summed E-state index contributed by atoms with van der Waals surface area (Å²) in [6, 6.07) is 9.63. The Morgan fingerprint density at radius 3 is 2.40 bits per heavy atom. The van der Waals surface area contributed by atoms with Gasteiger partial charge in [-0.15, -0.1) is 0 Å². The Morgan fingerprint density at radius 2 is 1.80 bits per heavy atom. The van der Waals surface area contributed by atoms with Crippen LogP contribution in [0.2, 0.25) is 0 Å². The standard InChI is InChI=1S/C18H28N2/c1-18(2,3)15-7-4-13(5-8-15)10-20-11-14-6-9-17(19)16(14)12-20/h4-5,7-8,14,16-17H,6,9-12,19H2,1-3H3. The molecule has 1 saturated heterocycles. The van der Waals surface area contributed by atoms with Gasteiger partial charge in [-0.3, -0.25) is 4.90 Å². The van der Waals surface area contributed by atoms with E-state index in [1.54, 1.807) is 0 Å². The van der Waals surface area contributed by atoms with Crippen LogP contribution in [-0.4, -0.2) is 24.0 Å². The van der Waals surface area contributed by atoms with E-state index < -0.39 is 0 Å². The zero-order valence-corrected chi connectivity index (χ0v) is 13.1. The molecular weight excluding hydrogens is 244 g/mol. The summed E-state index contributed by atoms with van der Waals surface area (Å²) >= 11 is 0. The molecule has 1 saturated carbocycles. The van der Waals surface area contributed by atoms with Gasteiger partial charge in [-0.05, 0) is 41.2 Å². The van der Waals surface area contributed by atoms with Crippen LogP contribution in [0.15, 0.2) is 24.3 Å². The molecule has 3 rings (SSSR count). The van der Waals surface area contributed by atoms with Crippen molar-refractivity contribution in [1.82, 2.24) is 4.90 Å². The van der Waals surface area contributed by atoms with E-state index in [4.69, 9.17) is 5.73 Å². The van der Waals surface area contributed by atoms with Gasteiger partial charge in [0.2, 0.25) is 0 Å². The first kappa shape index (κ1) is 14.1. The van der Waals surface area contributed by atoms with Gasteiger partial charge in [0, 0.05) is 25.7 Å². The lowest BCUT2D eigenvalue weighted by molar-refractivity contribution is 0.298.